The van der Waals surface area contributed by atoms with Gasteiger partial charge in [-0.15, -0.1) is 0 Å². The van der Waals surface area contributed by atoms with Gasteiger partial charge in [-0.3, -0.25) is 0 Å². The first-order valence-electron chi connectivity index (χ1n) is 4.54. The van der Waals surface area contributed by atoms with E-state index < -0.39 is 0 Å². The van der Waals surface area contributed by atoms with E-state index in [1.807, 2.05) is 19.1 Å². The summed E-state index contributed by atoms with van der Waals surface area (Å²) in [5, 5.41) is 0. The van der Waals surface area contributed by atoms with Gasteiger partial charge in [-0.05, 0) is 31.3 Å². The van der Waals surface area contributed by atoms with Crippen LogP contribution in [0.1, 0.15) is 17.1 Å². The minimum atomic E-state index is 0.395. The van der Waals surface area contributed by atoms with Gasteiger partial charge in [0, 0.05) is 18.2 Å². The largest absolute Gasteiger partial charge is 0.466 e. The molecule has 2 aromatic rings. The Hall–Kier alpha value is -1.62. The zero-order valence-corrected chi connectivity index (χ0v) is 9.10. The summed E-state index contributed by atoms with van der Waals surface area (Å²) in [4.78, 5) is 6.79. The number of nitrogens with two attached hydrogens (primary N) is 1. The van der Waals surface area contributed by atoms with Crippen LogP contribution < -0.4 is 5.73 Å². The molecule has 4 nitrogen and oxygen atoms in total. The lowest BCUT2D eigenvalue weighted by Gasteiger charge is -2.02. The van der Waals surface area contributed by atoms with E-state index in [9.17, 15) is 0 Å². The van der Waals surface area contributed by atoms with Crippen molar-refractivity contribution < 1.29 is 4.42 Å². The van der Waals surface area contributed by atoms with E-state index >= 15 is 0 Å². The monoisotopic (exact) mass is 221 g/mol. The van der Waals surface area contributed by atoms with E-state index in [0.29, 0.717) is 17.0 Å². The van der Waals surface area contributed by atoms with Crippen molar-refractivity contribution >= 4 is 18.0 Å². The lowest BCUT2D eigenvalue weighted by Crippen LogP contribution is -1.99. The highest BCUT2D eigenvalue weighted by atomic mass is 32.1. The quantitative estimate of drug-likeness (QED) is 0.763. The van der Waals surface area contributed by atoms with Crippen LogP contribution in [0.2, 0.25) is 0 Å². The highest BCUT2D eigenvalue weighted by Crippen LogP contribution is 2.15. The molecular formula is C10H11N3OS. The number of aromatic nitrogens is 2. The molecule has 0 aliphatic heterocycles. The highest BCUT2D eigenvalue weighted by Gasteiger charge is 2.04. The van der Waals surface area contributed by atoms with Gasteiger partial charge in [0.1, 0.15) is 17.3 Å². The normalized spacial score (nSPS) is 10.5. The summed E-state index contributed by atoms with van der Waals surface area (Å²) in [6.07, 6.45) is 2.30. The van der Waals surface area contributed by atoms with Gasteiger partial charge >= 0.3 is 0 Å². The Balaban J connectivity index is 2.28. The number of nitrogens with one attached hydrogen (secondary N) is 1. The number of aromatic amines is 1. The van der Waals surface area contributed by atoms with E-state index in [4.69, 9.17) is 22.4 Å². The standard InChI is InChI=1S/C10H11N3OS/c1-6-2-3-8(14-6)4-7-5-12-10(15)13-9(7)11/h2-3,5H,4H2,1H3,(H3,11,12,13,15). The molecule has 0 spiro atoms. The third kappa shape index (κ3) is 2.24. The Labute approximate surface area is 92.2 Å². The minimum absolute atomic E-state index is 0.395. The van der Waals surface area contributed by atoms with Gasteiger partial charge in [0.25, 0.3) is 0 Å². The van der Waals surface area contributed by atoms with E-state index in [1.54, 1.807) is 6.20 Å². The zero-order chi connectivity index (χ0) is 10.8. The van der Waals surface area contributed by atoms with Gasteiger partial charge in [0.2, 0.25) is 0 Å². The van der Waals surface area contributed by atoms with Crippen molar-refractivity contribution in [1.29, 1.82) is 0 Å². The SMILES string of the molecule is Cc1ccc(Cc2cnc(=S)[nH]c2N)o1. The van der Waals surface area contributed by atoms with Crippen molar-refractivity contribution in [2.45, 2.75) is 13.3 Å². The van der Waals surface area contributed by atoms with Crippen molar-refractivity contribution in [2.75, 3.05) is 5.73 Å². The van der Waals surface area contributed by atoms with Crippen molar-refractivity contribution in [1.82, 2.24) is 9.97 Å². The lowest BCUT2D eigenvalue weighted by molar-refractivity contribution is 0.493. The van der Waals surface area contributed by atoms with E-state index in [2.05, 4.69) is 9.97 Å². The van der Waals surface area contributed by atoms with Crippen molar-refractivity contribution in [3.05, 3.63) is 40.2 Å². The molecule has 0 aliphatic carbocycles. The molecule has 0 radical (unpaired) electrons. The zero-order valence-electron chi connectivity index (χ0n) is 8.28. The number of aryl methyl sites for hydroxylation is 1. The van der Waals surface area contributed by atoms with Crippen molar-refractivity contribution in [3.8, 4) is 0 Å². The van der Waals surface area contributed by atoms with Crippen molar-refractivity contribution in [3.63, 3.8) is 0 Å². The molecule has 3 N–H and O–H groups in total. The van der Waals surface area contributed by atoms with E-state index in [0.717, 1.165) is 17.1 Å². The first-order chi connectivity index (χ1) is 7.15. The second kappa shape index (κ2) is 3.86. The summed E-state index contributed by atoms with van der Waals surface area (Å²) >= 11 is 4.86. The molecule has 0 unspecified atom stereocenters. The molecule has 2 rings (SSSR count). The Morgan fingerprint density at radius 1 is 1.53 bits per heavy atom. The second-order valence-corrected chi connectivity index (χ2v) is 3.70. The summed E-state index contributed by atoms with van der Waals surface area (Å²) in [7, 11) is 0. The summed E-state index contributed by atoms with van der Waals surface area (Å²) < 4.78 is 5.84. The molecular weight excluding hydrogens is 210 g/mol. The molecule has 0 bridgehead atoms. The number of rotatable bonds is 2. The van der Waals surface area contributed by atoms with Gasteiger partial charge in [-0.25, -0.2) is 4.98 Å². The van der Waals surface area contributed by atoms with Crippen molar-refractivity contribution in [2.24, 2.45) is 0 Å². The molecule has 15 heavy (non-hydrogen) atoms. The molecule has 5 heteroatoms. The summed E-state index contributed by atoms with van der Waals surface area (Å²) in [5.74, 6) is 2.30. The fourth-order valence-corrected chi connectivity index (χ4v) is 1.51. The van der Waals surface area contributed by atoms with Crippen LogP contribution in [-0.2, 0) is 6.42 Å². The van der Waals surface area contributed by atoms with Crippen LogP contribution in [0, 0.1) is 11.7 Å². The average Bonchev–Trinajstić information content (AvgIpc) is 2.56. The van der Waals surface area contributed by atoms with Gasteiger partial charge in [-0.1, -0.05) is 0 Å². The van der Waals surface area contributed by atoms with Gasteiger partial charge in [0.15, 0.2) is 4.77 Å². The van der Waals surface area contributed by atoms with Gasteiger partial charge in [0.05, 0.1) is 0 Å². The first kappa shape index (κ1) is 9.92. The van der Waals surface area contributed by atoms with E-state index in [-0.39, 0.29) is 0 Å². The molecule has 0 atom stereocenters. The molecule has 0 aliphatic rings. The molecule has 0 aromatic carbocycles. The van der Waals surface area contributed by atoms with Crippen LogP contribution in [0.25, 0.3) is 0 Å². The summed E-state index contributed by atoms with van der Waals surface area (Å²) in [6, 6.07) is 3.85. The molecule has 78 valence electrons. The fraction of sp³-hybridized carbons (Fsp3) is 0.200. The maximum Gasteiger partial charge on any atom is 0.198 e. The molecule has 0 saturated carbocycles. The molecule has 0 amide bonds. The molecule has 2 aromatic heterocycles. The maximum absolute atomic E-state index is 5.77. The highest BCUT2D eigenvalue weighted by molar-refractivity contribution is 7.71. The summed E-state index contributed by atoms with van der Waals surface area (Å²) in [6.45, 7) is 1.91. The number of nitrogens with zero attached hydrogens (tertiary/aromatic N) is 1. The van der Waals surface area contributed by atoms with Gasteiger partial charge in [-0.2, -0.15) is 0 Å². The Morgan fingerprint density at radius 2 is 2.33 bits per heavy atom. The number of hydrogen-bond acceptors (Lipinski definition) is 4. The fourth-order valence-electron chi connectivity index (χ4n) is 1.34. The van der Waals surface area contributed by atoms with Crippen LogP contribution in [-0.4, -0.2) is 9.97 Å². The Morgan fingerprint density at radius 3 is 2.93 bits per heavy atom. The Kier molecular flexibility index (Phi) is 2.55. The number of furan rings is 1. The lowest BCUT2D eigenvalue weighted by atomic mass is 10.2. The second-order valence-electron chi connectivity index (χ2n) is 3.32. The topological polar surface area (TPSA) is 67.8 Å². The maximum atomic E-state index is 5.77. The average molecular weight is 221 g/mol. The molecule has 0 fully saturated rings. The number of nitrogen functional groups attached to an aromatic ring is 1. The Bertz CT molecular complexity index is 529. The van der Waals surface area contributed by atoms with Gasteiger partial charge < -0.3 is 15.1 Å². The van der Waals surface area contributed by atoms with Crippen LogP contribution >= 0.6 is 12.2 Å². The summed E-state index contributed by atoms with van der Waals surface area (Å²) in [5.41, 5.74) is 6.66. The van der Waals surface area contributed by atoms with Crippen LogP contribution in [0.5, 0.6) is 0 Å². The van der Waals surface area contributed by atoms with Crippen LogP contribution in [0.4, 0.5) is 5.82 Å². The number of hydrogen-bond donors (Lipinski definition) is 2. The predicted octanol–water partition coefficient (Wildman–Crippen LogP) is 2.21. The first-order valence-corrected chi connectivity index (χ1v) is 4.95. The number of anilines is 1. The van der Waals surface area contributed by atoms with Crippen LogP contribution in [0.15, 0.2) is 22.7 Å². The molecule has 2 heterocycles. The smallest absolute Gasteiger partial charge is 0.198 e. The number of H-pyrrole nitrogens is 1. The minimum Gasteiger partial charge on any atom is -0.466 e. The third-order valence-electron chi connectivity index (χ3n) is 2.09. The molecule has 0 saturated heterocycles. The third-order valence-corrected chi connectivity index (χ3v) is 2.29. The van der Waals surface area contributed by atoms with E-state index in [1.165, 1.54) is 0 Å². The predicted molar refractivity (Wildman–Crippen MR) is 60.1 cm³/mol. The van der Waals surface area contributed by atoms with Crippen LogP contribution in [0.3, 0.4) is 0 Å².